The van der Waals surface area contributed by atoms with Crippen molar-refractivity contribution in [1.29, 1.82) is 0 Å². The lowest BCUT2D eigenvalue weighted by molar-refractivity contribution is -0.138. The number of amides is 1. The van der Waals surface area contributed by atoms with Gasteiger partial charge in [-0.1, -0.05) is 34.9 Å². The maximum atomic E-state index is 13.4. The van der Waals surface area contributed by atoms with E-state index in [-0.39, 0.29) is 5.69 Å². The molecule has 0 saturated carbocycles. The number of ether oxygens (including phenoxy) is 1. The summed E-state index contributed by atoms with van der Waals surface area (Å²) in [6, 6.07) is 11.2. The van der Waals surface area contributed by atoms with Crippen molar-refractivity contribution >= 4 is 63.6 Å². The van der Waals surface area contributed by atoms with Crippen LogP contribution in [0.25, 0.3) is 0 Å². The number of nitrogens with one attached hydrogen (secondary N) is 1. The third kappa shape index (κ3) is 6.83. The molecule has 0 aliphatic carbocycles. The van der Waals surface area contributed by atoms with E-state index in [4.69, 9.17) is 4.74 Å². The molecule has 10 nitrogen and oxygen atoms in total. The Morgan fingerprint density at radius 2 is 1.89 bits per heavy atom. The number of hydrogen-bond acceptors (Lipinski definition) is 11. The summed E-state index contributed by atoms with van der Waals surface area (Å²) in [5.41, 5.74) is 0.225. The lowest BCUT2D eigenvalue weighted by Crippen LogP contribution is -2.26. The van der Waals surface area contributed by atoms with E-state index in [0.717, 1.165) is 10.6 Å². The minimum absolute atomic E-state index is 0.225. The number of anilines is 1. The quantitative estimate of drug-likeness (QED) is 0.243. The van der Waals surface area contributed by atoms with Crippen LogP contribution < -0.4 is 10.1 Å². The highest BCUT2D eigenvalue weighted by Crippen LogP contribution is 2.38. The van der Waals surface area contributed by atoms with Gasteiger partial charge < -0.3 is 14.4 Å². The van der Waals surface area contributed by atoms with Crippen LogP contribution in [0.1, 0.15) is 24.3 Å². The molecule has 1 aromatic carbocycles. The van der Waals surface area contributed by atoms with Gasteiger partial charge in [0.1, 0.15) is 27.5 Å². The number of carboxylic acids is 1. The second kappa shape index (κ2) is 11.5. The van der Waals surface area contributed by atoms with E-state index < -0.39 is 16.6 Å². The first-order valence-electron chi connectivity index (χ1n) is 10.7. The van der Waals surface area contributed by atoms with Gasteiger partial charge in [-0.2, -0.15) is 0 Å². The maximum absolute atomic E-state index is 13.4. The molecule has 2 N–H and O–H groups in total. The Kier molecular flexibility index (Phi) is 8.42. The van der Waals surface area contributed by atoms with Crippen molar-refractivity contribution in [3.05, 3.63) is 54.6 Å². The van der Waals surface area contributed by atoms with Crippen molar-refractivity contribution in [2.24, 2.45) is 7.05 Å². The van der Waals surface area contributed by atoms with Gasteiger partial charge in [0.2, 0.25) is 0 Å². The summed E-state index contributed by atoms with van der Waals surface area (Å²) in [6.45, 7) is 3.23. The topological polar surface area (TPSA) is 132 Å². The number of rotatable bonds is 10. The molecule has 0 radical (unpaired) electrons. The van der Waals surface area contributed by atoms with E-state index in [2.05, 4.69) is 25.5 Å². The number of methoxy groups -OCH3 is 1. The van der Waals surface area contributed by atoms with Crippen LogP contribution in [0.5, 0.6) is 5.75 Å². The van der Waals surface area contributed by atoms with E-state index in [1.54, 1.807) is 38.0 Å². The van der Waals surface area contributed by atoms with Crippen LogP contribution in [0.4, 0.5) is 5.13 Å². The van der Waals surface area contributed by atoms with E-state index in [9.17, 15) is 14.7 Å². The Bertz CT molecular complexity index is 1420. The molecule has 0 spiro atoms. The lowest BCUT2D eigenvalue weighted by atomic mass is 10.2. The number of aryl methyl sites for hydroxylation is 1. The summed E-state index contributed by atoms with van der Waals surface area (Å²) in [5.74, 6) is -0.627. The molecular weight excluding hydrogens is 553 g/mol. The van der Waals surface area contributed by atoms with E-state index in [1.807, 2.05) is 43.4 Å². The minimum atomic E-state index is -1.02. The Hall–Kier alpha value is -3.07. The lowest BCUT2D eigenvalue weighted by Gasteiger charge is -2.16. The van der Waals surface area contributed by atoms with Crippen LogP contribution in [0.15, 0.2) is 73.1 Å². The van der Waals surface area contributed by atoms with Gasteiger partial charge in [-0.15, -0.1) is 10.2 Å². The molecule has 1 amide bonds. The first-order valence-corrected chi connectivity index (χ1v) is 14.0. The highest BCUT2D eigenvalue weighted by atomic mass is 32.2. The molecule has 3 heterocycles. The molecule has 0 unspecified atom stereocenters. The molecule has 0 bridgehead atoms. The molecule has 14 heteroatoms. The van der Waals surface area contributed by atoms with Gasteiger partial charge in [0.25, 0.3) is 5.91 Å². The van der Waals surface area contributed by atoms with Crippen molar-refractivity contribution < 1.29 is 19.4 Å². The number of thiazole rings is 1. The molecule has 0 fully saturated rings. The number of thioether (sulfide) groups is 1. The summed E-state index contributed by atoms with van der Waals surface area (Å²) in [6.07, 6.45) is 3.14. The van der Waals surface area contributed by atoms with Crippen LogP contribution in [0.2, 0.25) is 0 Å². The van der Waals surface area contributed by atoms with Crippen molar-refractivity contribution in [1.82, 2.24) is 24.7 Å². The third-order valence-electron chi connectivity index (χ3n) is 4.78. The highest BCUT2D eigenvalue weighted by Gasteiger charge is 2.29. The molecule has 4 aromatic rings. The normalized spacial score (nSPS) is 11.4. The fourth-order valence-electron chi connectivity index (χ4n) is 2.78. The van der Waals surface area contributed by atoms with E-state index >= 15 is 0 Å². The number of carbonyl (C=O) groups excluding carboxylic acids is 1. The summed E-state index contributed by atoms with van der Waals surface area (Å²) >= 11 is 5.07. The van der Waals surface area contributed by atoms with Crippen LogP contribution in [0, 0.1) is 0 Å². The molecule has 37 heavy (non-hydrogen) atoms. The number of pyridine rings is 1. The first-order chi connectivity index (χ1) is 17.6. The molecule has 0 aliphatic heterocycles. The van der Waals surface area contributed by atoms with Crippen LogP contribution >= 0.6 is 46.6 Å². The second-order valence-corrected chi connectivity index (χ2v) is 13.0. The fourth-order valence-corrected chi connectivity index (χ4v) is 6.68. The number of nitrogens with zero attached hydrogens (tertiary/aromatic N) is 5. The maximum Gasteiger partial charge on any atom is 0.319 e. The summed E-state index contributed by atoms with van der Waals surface area (Å²) in [5, 5.41) is 21.7. The van der Waals surface area contributed by atoms with Crippen molar-refractivity contribution in [3.8, 4) is 5.75 Å². The Balaban J connectivity index is 1.59. The van der Waals surface area contributed by atoms with Crippen LogP contribution in [-0.4, -0.2) is 53.6 Å². The van der Waals surface area contributed by atoms with Crippen molar-refractivity contribution in [3.63, 3.8) is 0 Å². The van der Waals surface area contributed by atoms with Gasteiger partial charge in [0.15, 0.2) is 10.3 Å². The molecule has 4 rings (SSSR count). The average molecular weight is 575 g/mol. The van der Waals surface area contributed by atoms with Gasteiger partial charge >= 0.3 is 5.97 Å². The first kappa shape index (κ1) is 27.0. The molecule has 192 valence electrons. The number of benzene rings is 1. The van der Waals surface area contributed by atoms with Gasteiger partial charge in [0.05, 0.1) is 17.5 Å². The monoisotopic (exact) mass is 574 g/mol. The Morgan fingerprint density at radius 1 is 1.14 bits per heavy atom. The highest BCUT2D eigenvalue weighted by molar-refractivity contribution is 8.03. The molecule has 0 saturated heterocycles. The van der Waals surface area contributed by atoms with Crippen molar-refractivity contribution in [2.45, 2.75) is 42.8 Å². The summed E-state index contributed by atoms with van der Waals surface area (Å²) in [7, 11) is 3.43. The zero-order valence-corrected chi connectivity index (χ0v) is 23.4. The predicted molar refractivity (Wildman–Crippen MR) is 144 cm³/mol. The Labute approximate surface area is 229 Å². The van der Waals surface area contributed by atoms with Gasteiger partial charge in [-0.25, -0.2) is 9.97 Å². The fraction of sp³-hybridized carbons (Fsp3) is 0.217. The van der Waals surface area contributed by atoms with E-state index in [0.29, 0.717) is 24.4 Å². The van der Waals surface area contributed by atoms with Crippen molar-refractivity contribution in [2.75, 3.05) is 12.4 Å². The zero-order valence-electron chi connectivity index (χ0n) is 20.2. The number of carboxylic acid groups (broad SMARTS) is 1. The van der Waals surface area contributed by atoms with Crippen LogP contribution in [-0.2, 0) is 11.8 Å². The van der Waals surface area contributed by atoms with Gasteiger partial charge in [-0.3, -0.25) is 14.9 Å². The smallest absolute Gasteiger partial charge is 0.319 e. The van der Waals surface area contributed by atoms with Gasteiger partial charge in [-0.05, 0) is 62.0 Å². The molecule has 0 aliphatic rings. The summed E-state index contributed by atoms with van der Waals surface area (Å²) in [4.78, 5) is 35.3. The second-order valence-electron chi connectivity index (χ2n) is 7.96. The largest absolute Gasteiger partial charge is 0.497 e. The zero-order chi connectivity index (χ0) is 26.6. The predicted octanol–water partition coefficient (Wildman–Crippen LogP) is 5.19. The SMILES string of the molecule is COc1ccc(Sc2ccc(Sc3nncn3C)nc2C(=O)Nc2ncc(SC(C)(C)C(=O)O)s2)cc1. The number of aromatic nitrogens is 5. The van der Waals surface area contributed by atoms with Gasteiger partial charge in [0, 0.05) is 16.8 Å². The number of hydrogen-bond donors (Lipinski definition) is 2. The Morgan fingerprint density at radius 3 is 2.54 bits per heavy atom. The summed E-state index contributed by atoms with van der Waals surface area (Å²) < 4.78 is 6.64. The standard InChI is InChI=1S/C23H22N6O4S4/c1-23(2,20(31)32)37-17-11-24-21(36-17)27-19(30)18-15(34-14-7-5-13(33-4)6-8-14)9-10-16(26-18)35-22-28-25-12-29(22)3/h5-12H,1-4H3,(H,31,32)(H,24,27,30). The minimum Gasteiger partial charge on any atom is -0.497 e. The molecule has 0 atom stereocenters. The molecular formula is C23H22N6O4S4. The number of aliphatic carboxylic acids is 1. The molecule has 3 aromatic heterocycles. The number of carbonyl (C=O) groups is 2. The van der Waals surface area contributed by atoms with E-state index in [1.165, 1.54) is 46.6 Å². The third-order valence-corrected chi connectivity index (χ3v) is 9.02. The van der Waals surface area contributed by atoms with Crippen LogP contribution in [0.3, 0.4) is 0 Å². The average Bonchev–Trinajstić information content (AvgIpc) is 3.48.